The Kier molecular flexibility index (Phi) is 4.81. The highest BCUT2D eigenvalue weighted by Gasteiger charge is 2.34. The third-order valence-electron chi connectivity index (χ3n) is 4.81. The second-order valence-corrected chi connectivity index (χ2v) is 7.30. The van der Waals surface area contributed by atoms with E-state index in [-0.39, 0.29) is 5.91 Å². The van der Waals surface area contributed by atoms with Gasteiger partial charge in [0.1, 0.15) is 6.17 Å². The number of amides is 1. The van der Waals surface area contributed by atoms with Gasteiger partial charge in [-0.25, -0.2) is 0 Å². The molecule has 4 rings (SSSR count). The van der Waals surface area contributed by atoms with Crippen LogP contribution in [-0.2, 0) is 6.42 Å². The van der Waals surface area contributed by atoms with Crippen molar-refractivity contribution in [2.24, 2.45) is 0 Å². The second-order valence-electron chi connectivity index (χ2n) is 6.45. The maximum atomic E-state index is 13.4. The average molecular weight is 397 g/mol. The van der Waals surface area contributed by atoms with Crippen molar-refractivity contribution in [2.45, 2.75) is 19.5 Å². The van der Waals surface area contributed by atoms with Crippen LogP contribution in [0.2, 0.25) is 10.0 Å². The molecule has 1 heterocycles. The van der Waals surface area contributed by atoms with Crippen molar-refractivity contribution in [1.82, 2.24) is 0 Å². The summed E-state index contributed by atoms with van der Waals surface area (Å²) in [5.41, 5.74) is 4.26. The van der Waals surface area contributed by atoms with Crippen LogP contribution in [0.3, 0.4) is 0 Å². The number of fused-ring (bicyclic) bond motifs is 1. The number of benzene rings is 3. The van der Waals surface area contributed by atoms with Crippen LogP contribution in [0.1, 0.15) is 34.6 Å². The van der Waals surface area contributed by atoms with Crippen molar-refractivity contribution in [2.75, 3.05) is 10.2 Å². The normalized spacial score (nSPS) is 16.0. The fourth-order valence-electron chi connectivity index (χ4n) is 3.35. The largest absolute Gasteiger partial charge is 0.360 e. The van der Waals surface area contributed by atoms with Crippen LogP contribution in [-0.4, -0.2) is 5.91 Å². The van der Waals surface area contributed by atoms with E-state index in [0.717, 1.165) is 23.4 Å². The van der Waals surface area contributed by atoms with Gasteiger partial charge in [-0.2, -0.15) is 0 Å². The lowest BCUT2D eigenvalue weighted by atomic mass is 10.0. The lowest BCUT2D eigenvalue weighted by Gasteiger charge is -2.38. The Bertz CT molecular complexity index is 1000. The molecule has 27 heavy (non-hydrogen) atoms. The number of para-hydroxylation sites is 1. The van der Waals surface area contributed by atoms with E-state index in [4.69, 9.17) is 23.2 Å². The molecule has 1 N–H and O–H groups in total. The summed E-state index contributed by atoms with van der Waals surface area (Å²) in [6.07, 6.45) is 0.520. The van der Waals surface area contributed by atoms with Crippen molar-refractivity contribution in [3.63, 3.8) is 0 Å². The molecule has 0 aliphatic carbocycles. The van der Waals surface area contributed by atoms with Gasteiger partial charge < -0.3 is 5.32 Å². The lowest BCUT2D eigenvalue weighted by Crippen LogP contribution is -2.43. The molecule has 1 amide bonds. The molecule has 1 aliphatic rings. The van der Waals surface area contributed by atoms with E-state index < -0.39 is 6.17 Å². The third kappa shape index (κ3) is 3.29. The molecule has 3 aromatic rings. The van der Waals surface area contributed by atoms with E-state index in [9.17, 15) is 4.79 Å². The number of hydrogen-bond donors (Lipinski definition) is 1. The Balaban J connectivity index is 1.86. The molecule has 0 radical (unpaired) electrons. The van der Waals surface area contributed by atoms with E-state index in [1.165, 1.54) is 5.56 Å². The summed E-state index contributed by atoms with van der Waals surface area (Å²) in [6.45, 7) is 2.11. The summed E-state index contributed by atoms with van der Waals surface area (Å²) >= 11 is 12.5. The van der Waals surface area contributed by atoms with E-state index in [1.54, 1.807) is 17.0 Å². The monoisotopic (exact) mass is 396 g/mol. The van der Waals surface area contributed by atoms with Crippen molar-refractivity contribution in [3.05, 3.63) is 93.5 Å². The number of carbonyl (C=O) groups is 1. The Hall–Kier alpha value is -2.49. The van der Waals surface area contributed by atoms with Crippen molar-refractivity contribution >= 4 is 40.5 Å². The summed E-state index contributed by atoms with van der Waals surface area (Å²) < 4.78 is 0. The number of hydrogen-bond acceptors (Lipinski definition) is 2. The molecule has 0 fully saturated rings. The zero-order valence-electron chi connectivity index (χ0n) is 14.7. The molecule has 0 spiro atoms. The quantitative estimate of drug-likeness (QED) is 0.560. The molecule has 0 unspecified atom stereocenters. The highest BCUT2D eigenvalue weighted by atomic mass is 35.5. The zero-order chi connectivity index (χ0) is 19.0. The lowest BCUT2D eigenvalue weighted by molar-refractivity contribution is 0.0975. The standard InChI is InChI=1S/C22H18Cl2N2O/c1-2-14-7-10-16(11-8-14)26-21(17-12-9-15(23)13-19(17)24)25-20-6-4-3-5-18(20)22(26)27/h3-13,21,25H,2H2,1H3/t21-/m0/s1. The van der Waals surface area contributed by atoms with Crippen LogP contribution in [0.25, 0.3) is 0 Å². The average Bonchev–Trinajstić information content (AvgIpc) is 2.68. The maximum absolute atomic E-state index is 13.4. The first kappa shape index (κ1) is 17.9. The molecule has 1 aliphatic heterocycles. The highest BCUT2D eigenvalue weighted by Crippen LogP contribution is 2.39. The third-order valence-corrected chi connectivity index (χ3v) is 5.37. The van der Waals surface area contributed by atoms with Gasteiger partial charge in [0, 0.05) is 27.0 Å². The molecular weight excluding hydrogens is 379 g/mol. The molecule has 0 saturated heterocycles. The molecule has 3 nitrogen and oxygen atoms in total. The minimum atomic E-state index is -0.426. The number of nitrogens with zero attached hydrogens (tertiary/aromatic N) is 1. The summed E-state index contributed by atoms with van der Waals surface area (Å²) in [7, 11) is 0. The molecule has 136 valence electrons. The highest BCUT2D eigenvalue weighted by molar-refractivity contribution is 6.35. The van der Waals surface area contributed by atoms with Gasteiger partial charge >= 0.3 is 0 Å². The molecular formula is C22H18Cl2N2O. The van der Waals surface area contributed by atoms with E-state index in [1.807, 2.05) is 54.6 Å². The minimum Gasteiger partial charge on any atom is -0.360 e. The molecule has 0 aromatic heterocycles. The van der Waals surface area contributed by atoms with E-state index in [0.29, 0.717) is 15.6 Å². The molecule has 1 atom stereocenters. The number of nitrogens with one attached hydrogen (secondary N) is 1. The first-order chi connectivity index (χ1) is 13.1. The van der Waals surface area contributed by atoms with Crippen LogP contribution in [0.15, 0.2) is 66.7 Å². The maximum Gasteiger partial charge on any atom is 0.262 e. The molecule has 5 heteroatoms. The summed E-state index contributed by atoms with van der Waals surface area (Å²) in [5, 5.41) is 4.54. The summed E-state index contributed by atoms with van der Waals surface area (Å²) in [5.74, 6) is -0.0652. The van der Waals surface area contributed by atoms with Crippen LogP contribution in [0.5, 0.6) is 0 Å². The predicted molar refractivity (Wildman–Crippen MR) is 112 cm³/mol. The van der Waals surface area contributed by atoms with E-state index >= 15 is 0 Å². The molecule has 0 bridgehead atoms. The van der Waals surface area contributed by atoms with Crippen molar-refractivity contribution < 1.29 is 4.79 Å². The minimum absolute atomic E-state index is 0.0652. The van der Waals surface area contributed by atoms with Gasteiger partial charge in [-0.3, -0.25) is 9.69 Å². The van der Waals surface area contributed by atoms with Crippen molar-refractivity contribution in [1.29, 1.82) is 0 Å². The van der Waals surface area contributed by atoms with Gasteiger partial charge in [0.15, 0.2) is 0 Å². The summed E-state index contributed by atoms with van der Waals surface area (Å²) in [4.78, 5) is 15.1. The Labute approximate surface area is 168 Å². The van der Waals surface area contributed by atoms with Crippen LogP contribution >= 0.6 is 23.2 Å². The van der Waals surface area contributed by atoms with Gasteiger partial charge in [-0.15, -0.1) is 0 Å². The fraction of sp³-hybridized carbons (Fsp3) is 0.136. The van der Waals surface area contributed by atoms with Gasteiger partial charge in [0.2, 0.25) is 0 Å². The first-order valence-electron chi connectivity index (χ1n) is 8.81. The SMILES string of the molecule is CCc1ccc(N2C(=O)c3ccccc3N[C@@H]2c2ccc(Cl)cc2Cl)cc1. The number of anilines is 2. The Morgan fingerprint density at radius 3 is 2.44 bits per heavy atom. The van der Waals surface area contributed by atoms with Gasteiger partial charge in [-0.1, -0.05) is 60.5 Å². The van der Waals surface area contributed by atoms with Crippen LogP contribution in [0.4, 0.5) is 11.4 Å². The number of rotatable bonds is 3. The van der Waals surface area contributed by atoms with Crippen LogP contribution in [0, 0.1) is 0 Å². The number of aryl methyl sites for hydroxylation is 1. The fourth-order valence-corrected chi connectivity index (χ4v) is 3.86. The first-order valence-corrected chi connectivity index (χ1v) is 9.57. The Morgan fingerprint density at radius 1 is 1.00 bits per heavy atom. The van der Waals surface area contributed by atoms with Gasteiger partial charge in [0.25, 0.3) is 5.91 Å². The topological polar surface area (TPSA) is 32.3 Å². The summed E-state index contributed by atoms with van der Waals surface area (Å²) in [6, 6.07) is 20.9. The van der Waals surface area contributed by atoms with Crippen molar-refractivity contribution in [3.8, 4) is 0 Å². The van der Waals surface area contributed by atoms with E-state index in [2.05, 4.69) is 12.2 Å². The number of halogens is 2. The smallest absolute Gasteiger partial charge is 0.262 e. The second kappa shape index (κ2) is 7.26. The Morgan fingerprint density at radius 2 is 1.74 bits per heavy atom. The number of carbonyl (C=O) groups excluding carboxylic acids is 1. The zero-order valence-corrected chi connectivity index (χ0v) is 16.3. The van der Waals surface area contributed by atoms with Gasteiger partial charge in [-0.05, 0) is 48.4 Å². The predicted octanol–water partition coefficient (Wildman–Crippen LogP) is 6.33. The molecule has 3 aromatic carbocycles. The van der Waals surface area contributed by atoms with Crippen LogP contribution < -0.4 is 10.2 Å². The van der Waals surface area contributed by atoms with Gasteiger partial charge in [0.05, 0.1) is 5.56 Å². The molecule has 0 saturated carbocycles.